The van der Waals surface area contributed by atoms with E-state index >= 15 is 0 Å². The molecule has 1 N–H and O–H groups in total. The quantitative estimate of drug-likeness (QED) is 0.832. The average molecular weight is 314 g/mol. The zero-order valence-electron chi connectivity index (χ0n) is 13.8. The summed E-state index contributed by atoms with van der Waals surface area (Å²) in [6.45, 7) is 4.06. The second-order valence-electron chi connectivity index (χ2n) is 5.41. The van der Waals surface area contributed by atoms with Crippen LogP contribution >= 0.6 is 0 Å². The number of aromatic amines is 1. The van der Waals surface area contributed by atoms with Crippen LogP contribution in [0.1, 0.15) is 53.3 Å². The number of benzene rings is 1. The topological polar surface area (TPSA) is 72.0 Å². The first-order valence-corrected chi connectivity index (χ1v) is 7.87. The molecule has 0 atom stereocenters. The number of esters is 1. The highest BCUT2D eigenvalue weighted by molar-refractivity contribution is 5.89. The fourth-order valence-electron chi connectivity index (χ4n) is 2.51. The van der Waals surface area contributed by atoms with Crippen molar-refractivity contribution in [1.82, 2.24) is 9.97 Å². The van der Waals surface area contributed by atoms with Crippen LogP contribution in [0.4, 0.5) is 0 Å². The van der Waals surface area contributed by atoms with Crippen molar-refractivity contribution < 1.29 is 9.53 Å². The van der Waals surface area contributed by atoms with E-state index in [4.69, 9.17) is 0 Å². The van der Waals surface area contributed by atoms with Gasteiger partial charge >= 0.3 is 5.97 Å². The van der Waals surface area contributed by atoms with Gasteiger partial charge in [-0.05, 0) is 30.5 Å². The van der Waals surface area contributed by atoms with Gasteiger partial charge in [-0.25, -0.2) is 9.78 Å². The predicted octanol–water partition coefficient (Wildman–Crippen LogP) is 2.66. The Bertz CT molecular complexity index is 733. The fraction of sp³-hybridized carbons (Fsp3) is 0.389. The molecule has 122 valence electrons. The van der Waals surface area contributed by atoms with Gasteiger partial charge in [0.15, 0.2) is 0 Å². The molecule has 5 nitrogen and oxygen atoms in total. The molecule has 0 fully saturated rings. The molecule has 1 heterocycles. The highest BCUT2D eigenvalue weighted by Gasteiger charge is 2.12. The van der Waals surface area contributed by atoms with E-state index in [0.717, 1.165) is 36.3 Å². The Kier molecular flexibility index (Phi) is 5.68. The van der Waals surface area contributed by atoms with Gasteiger partial charge in [0, 0.05) is 18.4 Å². The molecule has 0 spiro atoms. The molecule has 0 aliphatic heterocycles. The summed E-state index contributed by atoms with van der Waals surface area (Å²) in [5.74, 6) is 0.383. The molecule has 23 heavy (non-hydrogen) atoms. The van der Waals surface area contributed by atoms with Crippen LogP contribution < -0.4 is 5.56 Å². The van der Waals surface area contributed by atoms with Crippen LogP contribution in [0.2, 0.25) is 0 Å². The number of carbonyl (C=O) groups excluding carboxylic acids is 1. The first kappa shape index (κ1) is 16.9. The summed E-state index contributed by atoms with van der Waals surface area (Å²) in [7, 11) is 1.35. The molecule has 0 saturated heterocycles. The molecule has 0 amide bonds. The van der Waals surface area contributed by atoms with Gasteiger partial charge in [0.05, 0.1) is 18.4 Å². The van der Waals surface area contributed by atoms with Crippen LogP contribution in [0.5, 0.6) is 0 Å². The van der Waals surface area contributed by atoms with E-state index in [1.54, 1.807) is 12.1 Å². The molecule has 1 aromatic carbocycles. The van der Waals surface area contributed by atoms with E-state index in [-0.39, 0.29) is 11.5 Å². The van der Waals surface area contributed by atoms with Crippen LogP contribution in [0.3, 0.4) is 0 Å². The van der Waals surface area contributed by atoms with E-state index in [1.807, 2.05) is 19.1 Å². The number of rotatable bonds is 6. The van der Waals surface area contributed by atoms with Crippen molar-refractivity contribution in [3.05, 3.63) is 62.8 Å². The van der Waals surface area contributed by atoms with Gasteiger partial charge in [-0.15, -0.1) is 0 Å². The van der Waals surface area contributed by atoms with Crippen molar-refractivity contribution in [2.24, 2.45) is 0 Å². The first-order chi connectivity index (χ1) is 11.1. The molecule has 0 aliphatic carbocycles. The molecule has 5 heteroatoms. The Balaban J connectivity index is 2.29. The van der Waals surface area contributed by atoms with Gasteiger partial charge in [0.1, 0.15) is 5.82 Å². The first-order valence-electron chi connectivity index (χ1n) is 7.87. The van der Waals surface area contributed by atoms with Crippen molar-refractivity contribution in [2.75, 3.05) is 7.11 Å². The summed E-state index contributed by atoms with van der Waals surface area (Å²) in [5, 5.41) is 0. The lowest BCUT2D eigenvalue weighted by atomic mass is 10.0. The van der Waals surface area contributed by atoms with E-state index < -0.39 is 0 Å². The molecule has 2 aromatic rings. The van der Waals surface area contributed by atoms with Gasteiger partial charge in [0.25, 0.3) is 5.56 Å². The number of aryl methyl sites for hydroxylation is 2. The van der Waals surface area contributed by atoms with Gasteiger partial charge < -0.3 is 9.72 Å². The van der Waals surface area contributed by atoms with Crippen molar-refractivity contribution in [3.63, 3.8) is 0 Å². The van der Waals surface area contributed by atoms with Gasteiger partial charge in [-0.3, -0.25) is 4.79 Å². The fourth-order valence-corrected chi connectivity index (χ4v) is 2.51. The van der Waals surface area contributed by atoms with Crippen LogP contribution in [-0.2, 0) is 24.0 Å². The summed E-state index contributed by atoms with van der Waals surface area (Å²) in [5.41, 5.74) is 2.92. The van der Waals surface area contributed by atoms with Crippen LogP contribution in [0.15, 0.2) is 29.1 Å². The maximum atomic E-state index is 12.4. The second-order valence-corrected chi connectivity index (χ2v) is 5.41. The molecular formula is C18H22N2O3. The number of methoxy groups -OCH3 is 1. The predicted molar refractivity (Wildman–Crippen MR) is 88.8 cm³/mol. The number of carbonyl (C=O) groups is 1. The SMILES string of the molecule is CCCc1nc(CC)c(Cc2ccc(C(=O)OC)cc2)c(=O)[nH]1. The van der Waals surface area contributed by atoms with Crippen LogP contribution in [-0.4, -0.2) is 23.0 Å². The van der Waals surface area contributed by atoms with Crippen molar-refractivity contribution in [3.8, 4) is 0 Å². The normalized spacial score (nSPS) is 10.6. The highest BCUT2D eigenvalue weighted by Crippen LogP contribution is 2.12. The summed E-state index contributed by atoms with van der Waals surface area (Å²) >= 11 is 0. The second kappa shape index (κ2) is 7.72. The zero-order valence-corrected chi connectivity index (χ0v) is 13.8. The maximum Gasteiger partial charge on any atom is 0.337 e. The zero-order chi connectivity index (χ0) is 16.8. The smallest absolute Gasteiger partial charge is 0.337 e. The van der Waals surface area contributed by atoms with E-state index in [2.05, 4.69) is 21.6 Å². The van der Waals surface area contributed by atoms with Crippen molar-refractivity contribution in [1.29, 1.82) is 0 Å². The lowest BCUT2D eigenvalue weighted by Gasteiger charge is -2.09. The third-order valence-electron chi connectivity index (χ3n) is 3.73. The van der Waals surface area contributed by atoms with Gasteiger partial charge in [0.2, 0.25) is 0 Å². The van der Waals surface area contributed by atoms with E-state index in [1.165, 1.54) is 7.11 Å². The molecule has 0 aliphatic rings. The largest absolute Gasteiger partial charge is 0.465 e. The number of H-pyrrole nitrogens is 1. The number of nitrogens with zero attached hydrogens (tertiary/aromatic N) is 1. The summed E-state index contributed by atoms with van der Waals surface area (Å²) in [6.07, 6.45) is 2.94. The van der Waals surface area contributed by atoms with Crippen molar-refractivity contribution >= 4 is 5.97 Å². The van der Waals surface area contributed by atoms with Crippen molar-refractivity contribution in [2.45, 2.75) is 39.5 Å². The number of ether oxygens (including phenoxy) is 1. The Labute approximate surface area is 135 Å². The monoisotopic (exact) mass is 314 g/mol. The lowest BCUT2D eigenvalue weighted by molar-refractivity contribution is 0.0600. The lowest BCUT2D eigenvalue weighted by Crippen LogP contribution is -2.20. The van der Waals surface area contributed by atoms with Gasteiger partial charge in [-0.2, -0.15) is 0 Å². The molecule has 0 unspecified atom stereocenters. The molecule has 0 bridgehead atoms. The minimum atomic E-state index is -0.366. The molecule has 2 rings (SSSR count). The van der Waals surface area contributed by atoms with Crippen LogP contribution in [0, 0.1) is 0 Å². The van der Waals surface area contributed by atoms with E-state index in [9.17, 15) is 9.59 Å². The number of hydrogen-bond acceptors (Lipinski definition) is 4. The third-order valence-corrected chi connectivity index (χ3v) is 3.73. The molecule has 0 radical (unpaired) electrons. The summed E-state index contributed by atoms with van der Waals surface area (Å²) < 4.78 is 4.68. The highest BCUT2D eigenvalue weighted by atomic mass is 16.5. The Hall–Kier alpha value is -2.43. The number of aromatic nitrogens is 2. The Morgan fingerprint density at radius 2 is 1.91 bits per heavy atom. The maximum absolute atomic E-state index is 12.4. The molecular weight excluding hydrogens is 292 g/mol. The third kappa shape index (κ3) is 4.06. The Morgan fingerprint density at radius 1 is 1.22 bits per heavy atom. The molecule has 0 saturated carbocycles. The number of nitrogens with one attached hydrogen (secondary N) is 1. The minimum Gasteiger partial charge on any atom is -0.465 e. The average Bonchev–Trinajstić information content (AvgIpc) is 2.57. The standard InChI is InChI=1S/C18H22N2O3/c1-4-6-16-19-15(5-2)14(17(21)20-16)11-12-7-9-13(10-8-12)18(22)23-3/h7-10H,4-6,11H2,1-3H3,(H,19,20,21). The van der Waals surface area contributed by atoms with Crippen LogP contribution in [0.25, 0.3) is 0 Å². The minimum absolute atomic E-state index is 0.0719. The number of hydrogen-bond donors (Lipinski definition) is 1. The molecule has 1 aromatic heterocycles. The van der Waals surface area contributed by atoms with Gasteiger partial charge in [-0.1, -0.05) is 26.0 Å². The van der Waals surface area contributed by atoms with E-state index in [0.29, 0.717) is 17.5 Å². The summed E-state index contributed by atoms with van der Waals surface area (Å²) in [6, 6.07) is 7.09. The summed E-state index contributed by atoms with van der Waals surface area (Å²) in [4.78, 5) is 31.2. The Morgan fingerprint density at radius 3 is 2.48 bits per heavy atom.